The topological polar surface area (TPSA) is 7.76 Å². The van der Waals surface area contributed by atoms with Crippen molar-refractivity contribution in [2.75, 3.05) is 0 Å². The van der Waals surface area contributed by atoms with Crippen LogP contribution in [0.3, 0.4) is 0 Å². The van der Waals surface area contributed by atoms with Crippen LogP contribution in [0.2, 0.25) is 0 Å². The third-order valence-corrected chi connectivity index (χ3v) is 5.97. The van der Waals surface area contributed by atoms with Crippen LogP contribution in [0.25, 0.3) is 22.5 Å². The average molecular weight is 429 g/mol. The van der Waals surface area contributed by atoms with Gasteiger partial charge in [0.25, 0.3) is 0 Å². The van der Waals surface area contributed by atoms with Gasteiger partial charge in [0, 0.05) is 24.3 Å². The summed E-state index contributed by atoms with van der Waals surface area (Å²) in [6.45, 7) is 10.2. The maximum atomic E-state index is 13.9. The van der Waals surface area contributed by atoms with E-state index in [0.717, 1.165) is 28.1 Å². The minimum absolute atomic E-state index is 0.283. The number of rotatable bonds is 4. The maximum absolute atomic E-state index is 13.9. The zero-order valence-corrected chi connectivity index (χ0v) is 19.3. The molecular weight excluding hydrogens is 397 g/mol. The number of alkyl halides is 3. The summed E-state index contributed by atoms with van der Waals surface area (Å²) >= 11 is 0. The Kier molecular flexibility index (Phi) is 6.26. The first-order valence-electron chi connectivity index (χ1n) is 10.6. The lowest BCUT2D eigenvalue weighted by Gasteiger charge is -2.16. The van der Waals surface area contributed by atoms with Crippen molar-refractivity contribution in [3.63, 3.8) is 0 Å². The Bertz CT molecular complexity index is 1030. The van der Waals surface area contributed by atoms with Crippen LogP contribution in [-0.2, 0) is 20.3 Å². The Hall–Kier alpha value is -2.69. The molecule has 5 heteroatoms. The van der Waals surface area contributed by atoms with Crippen LogP contribution in [0, 0.1) is 6.92 Å². The predicted molar refractivity (Wildman–Crippen MR) is 118 cm³/mol. The first kappa shape index (κ1) is 23.0. The standard InChI is InChI=1S/C26H31F3N2/c1-16(2)19-8-10-30(6)24(12-19)22-14-21(26(27,28)29)15-23(18(22)5)25-13-20(17(3)4)9-11-31(25)7/h8-17H,1-7H3/q+2. The highest BCUT2D eigenvalue weighted by Gasteiger charge is 2.34. The second-order valence-electron chi connectivity index (χ2n) is 8.92. The quantitative estimate of drug-likeness (QED) is 0.434. The van der Waals surface area contributed by atoms with Gasteiger partial charge in [0.05, 0.1) is 16.7 Å². The Morgan fingerprint density at radius 2 is 1.10 bits per heavy atom. The molecule has 0 N–H and O–H groups in total. The van der Waals surface area contributed by atoms with Crippen LogP contribution in [0.4, 0.5) is 13.2 Å². The van der Waals surface area contributed by atoms with Crippen molar-refractivity contribution in [3.05, 3.63) is 71.0 Å². The zero-order chi connectivity index (χ0) is 23.1. The van der Waals surface area contributed by atoms with Crippen LogP contribution in [0.1, 0.15) is 61.8 Å². The summed E-state index contributed by atoms with van der Waals surface area (Å²) in [7, 11) is 3.75. The van der Waals surface area contributed by atoms with Crippen molar-refractivity contribution >= 4 is 0 Å². The molecule has 2 nitrogen and oxygen atoms in total. The molecule has 0 saturated heterocycles. The molecule has 0 amide bonds. The van der Waals surface area contributed by atoms with Crippen LogP contribution < -0.4 is 9.13 Å². The number of halogens is 3. The minimum atomic E-state index is -4.43. The van der Waals surface area contributed by atoms with Gasteiger partial charge in [-0.05, 0) is 47.6 Å². The minimum Gasteiger partial charge on any atom is -0.201 e. The van der Waals surface area contributed by atoms with Crippen LogP contribution in [0.5, 0.6) is 0 Å². The molecule has 31 heavy (non-hydrogen) atoms. The molecule has 1 aromatic carbocycles. The van der Waals surface area contributed by atoms with E-state index in [0.29, 0.717) is 11.1 Å². The second kappa shape index (κ2) is 8.45. The molecule has 0 aliphatic carbocycles. The van der Waals surface area contributed by atoms with Gasteiger partial charge in [-0.1, -0.05) is 27.7 Å². The van der Waals surface area contributed by atoms with Crippen molar-refractivity contribution in [1.29, 1.82) is 0 Å². The molecule has 0 radical (unpaired) electrons. The fourth-order valence-corrected chi connectivity index (χ4v) is 3.84. The number of benzene rings is 1. The van der Waals surface area contributed by atoms with E-state index >= 15 is 0 Å². The number of hydrogen-bond acceptors (Lipinski definition) is 0. The van der Waals surface area contributed by atoms with E-state index < -0.39 is 11.7 Å². The molecule has 0 fully saturated rings. The van der Waals surface area contributed by atoms with Crippen molar-refractivity contribution in [2.24, 2.45) is 14.1 Å². The predicted octanol–water partition coefficient (Wildman–Crippen LogP) is 6.24. The van der Waals surface area contributed by atoms with Gasteiger partial charge in [-0.2, -0.15) is 13.2 Å². The lowest BCUT2D eigenvalue weighted by molar-refractivity contribution is -0.660. The molecule has 3 rings (SSSR count). The smallest absolute Gasteiger partial charge is 0.201 e. The number of nitrogens with zero attached hydrogens (tertiary/aromatic N) is 2. The van der Waals surface area contributed by atoms with Crippen molar-refractivity contribution in [1.82, 2.24) is 0 Å². The van der Waals surface area contributed by atoms with Gasteiger partial charge in [0.1, 0.15) is 14.1 Å². The van der Waals surface area contributed by atoms with Crippen LogP contribution >= 0.6 is 0 Å². The van der Waals surface area contributed by atoms with Crippen molar-refractivity contribution < 1.29 is 22.3 Å². The summed E-state index contributed by atoms with van der Waals surface area (Å²) in [5, 5.41) is 0. The van der Waals surface area contributed by atoms with E-state index in [1.807, 2.05) is 66.8 Å². The molecule has 0 aliphatic rings. The molecule has 2 aromatic heterocycles. The molecule has 0 saturated carbocycles. The molecule has 2 heterocycles. The second-order valence-corrected chi connectivity index (χ2v) is 8.92. The van der Waals surface area contributed by atoms with Crippen LogP contribution in [0.15, 0.2) is 48.8 Å². The molecule has 164 valence electrons. The van der Waals surface area contributed by atoms with Gasteiger partial charge in [0.2, 0.25) is 11.4 Å². The number of aryl methyl sites for hydroxylation is 2. The van der Waals surface area contributed by atoms with Crippen molar-refractivity contribution in [3.8, 4) is 22.5 Å². The summed E-state index contributed by atoms with van der Waals surface area (Å²) in [6, 6.07) is 10.6. The van der Waals surface area contributed by atoms with E-state index in [1.54, 1.807) is 0 Å². The van der Waals surface area contributed by atoms with Crippen molar-refractivity contribution in [2.45, 2.75) is 52.6 Å². The molecule has 0 spiro atoms. The van der Waals surface area contributed by atoms with Gasteiger partial charge in [0.15, 0.2) is 12.4 Å². The SMILES string of the molecule is Cc1c(-c2cc(C(C)C)cc[n+]2C)cc(C(F)(F)F)cc1-c1cc(C(C)C)cc[n+]1C. The normalized spacial score (nSPS) is 12.1. The Morgan fingerprint density at radius 1 is 0.710 bits per heavy atom. The van der Waals surface area contributed by atoms with Gasteiger partial charge in [-0.3, -0.25) is 0 Å². The third kappa shape index (κ3) is 4.65. The van der Waals surface area contributed by atoms with E-state index in [-0.39, 0.29) is 11.8 Å². The summed E-state index contributed by atoms with van der Waals surface area (Å²) in [5.74, 6) is 0.567. The Morgan fingerprint density at radius 3 is 1.42 bits per heavy atom. The van der Waals surface area contributed by atoms with Crippen LogP contribution in [-0.4, -0.2) is 0 Å². The monoisotopic (exact) mass is 428 g/mol. The zero-order valence-electron chi connectivity index (χ0n) is 19.3. The molecule has 3 aromatic rings. The highest BCUT2D eigenvalue weighted by Crippen LogP contribution is 2.38. The lowest BCUT2D eigenvalue weighted by Crippen LogP contribution is -2.32. The fraction of sp³-hybridized carbons (Fsp3) is 0.385. The Balaban J connectivity index is 2.37. The van der Waals surface area contributed by atoms with Gasteiger partial charge in [-0.25, -0.2) is 9.13 Å². The summed E-state index contributed by atoms with van der Waals surface area (Å²) in [6.07, 6.45) is -0.591. The summed E-state index contributed by atoms with van der Waals surface area (Å²) < 4.78 is 45.5. The number of hydrogen-bond donors (Lipinski definition) is 0. The summed E-state index contributed by atoms with van der Waals surface area (Å²) in [5.41, 5.74) is 5.15. The molecule has 0 unspecified atom stereocenters. The number of aromatic nitrogens is 2. The Labute approximate surface area is 183 Å². The maximum Gasteiger partial charge on any atom is 0.416 e. The van der Waals surface area contributed by atoms with E-state index in [9.17, 15) is 13.2 Å². The first-order chi connectivity index (χ1) is 14.4. The first-order valence-corrected chi connectivity index (χ1v) is 10.6. The highest BCUT2D eigenvalue weighted by molar-refractivity contribution is 5.75. The molecular formula is C26H31F3N2+2. The summed E-state index contributed by atoms with van der Waals surface area (Å²) in [4.78, 5) is 0. The van der Waals surface area contributed by atoms with E-state index in [4.69, 9.17) is 0 Å². The number of pyridine rings is 2. The molecule has 0 aliphatic heterocycles. The van der Waals surface area contributed by atoms with Gasteiger partial charge >= 0.3 is 6.18 Å². The molecule has 0 atom stereocenters. The average Bonchev–Trinajstić information content (AvgIpc) is 2.68. The van der Waals surface area contributed by atoms with Gasteiger partial charge < -0.3 is 0 Å². The molecule has 0 bridgehead atoms. The lowest BCUT2D eigenvalue weighted by atomic mass is 9.91. The fourth-order valence-electron chi connectivity index (χ4n) is 3.84. The third-order valence-electron chi connectivity index (χ3n) is 5.97. The van der Waals surface area contributed by atoms with E-state index in [2.05, 4.69) is 27.7 Å². The largest absolute Gasteiger partial charge is 0.416 e. The van der Waals surface area contributed by atoms with E-state index in [1.165, 1.54) is 12.1 Å². The van der Waals surface area contributed by atoms with Gasteiger partial charge in [-0.15, -0.1) is 0 Å². The highest BCUT2D eigenvalue weighted by atomic mass is 19.4.